The van der Waals surface area contributed by atoms with E-state index in [-0.39, 0.29) is 11.7 Å². The van der Waals surface area contributed by atoms with Crippen molar-refractivity contribution >= 4 is 44.9 Å². The minimum Gasteiger partial charge on any atom is -0.497 e. The van der Waals surface area contributed by atoms with Crippen LogP contribution in [0.5, 0.6) is 5.75 Å². The Morgan fingerprint density at radius 1 is 0.969 bits per heavy atom. The number of benzene rings is 3. The fourth-order valence-electron chi connectivity index (χ4n) is 3.47. The number of hydrogen-bond acceptors (Lipinski definition) is 5. The van der Waals surface area contributed by atoms with Crippen molar-refractivity contribution in [3.63, 3.8) is 0 Å². The SMILES string of the molecule is COc1ccc2nc(Nc3ccc(NC(=O)c4ccc(F)cc4)cc3)c3n[nH]cc3c2c1. The van der Waals surface area contributed by atoms with Gasteiger partial charge in [-0.05, 0) is 66.7 Å². The third kappa shape index (κ3) is 3.69. The first-order valence-electron chi connectivity index (χ1n) is 9.86. The fourth-order valence-corrected chi connectivity index (χ4v) is 3.47. The van der Waals surface area contributed by atoms with Gasteiger partial charge in [-0.15, -0.1) is 0 Å². The van der Waals surface area contributed by atoms with Gasteiger partial charge in [0.15, 0.2) is 5.82 Å². The number of halogens is 1. The highest BCUT2D eigenvalue weighted by Crippen LogP contribution is 2.31. The van der Waals surface area contributed by atoms with Crippen molar-refractivity contribution in [1.29, 1.82) is 0 Å². The van der Waals surface area contributed by atoms with E-state index in [2.05, 4.69) is 20.8 Å². The van der Waals surface area contributed by atoms with E-state index in [1.807, 2.05) is 36.5 Å². The van der Waals surface area contributed by atoms with Gasteiger partial charge in [0.1, 0.15) is 17.1 Å². The van der Waals surface area contributed by atoms with Gasteiger partial charge in [-0.1, -0.05) is 0 Å². The standard InChI is InChI=1S/C24H18FN5O2/c1-32-18-10-11-21-19(12-18)20-13-26-30-22(20)23(29-21)27-16-6-8-17(9-7-16)28-24(31)14-2-4-15(25)5-3-14/h2-13H,1H3,(H,26,30)(H,27,29)(H,28,31). The molecule has 0 fully saturated rings. The van der Waals surface area contributed by atoms with Gasteiger partial charge in [0.05, 0.1) is 12.6 Å². The number of pyridine rings is 1. The molecular weight excluding hydrogens is 409 g/mol. The van der Waals surface area contributed by atoms with E-state index in [0.29, 0.717) is 22.6 Å². The summed E-state index contributed by atoms with van der Waals surface area (Å²) in [7, 11) is 1.63. The summed E-state index contributed by atoms with van der Waals surface area (Å²) in [6.07, 6.45) is 1.83. The predicted octanol–water partition coefficient (Wildman–Crippen LogP) is 5.25. The summed E-state index contributed by atoms with van der Waals surface area (Å²) in [6.45, 7) is 0. The van der Waals surface area contributed by atoms with Gasteiger partial charge in [-0.2, -0.15) is 5.10 Å². The summed E-state index contributed by atoms with van der Waals surface area (Å²) in [5, 5.41) is 15.2. The number of ether oxygens (including phenoxy) is 1. The summed E-state index contributed by atoms with van der Waals surface area (Å²) in [6, 6.07) is 18.3. The van der Waals surface area contributed by atoms with Gasteiger partial charge < -0.3 is 15.4 Å². The molecule has 0 aliphatic rings. The van der Waals surface area contributed by atoms with E-state index in [1.165, 1.54) is 24.3 Å². The van der Waals surface area contributed by atoms with Crippen molar-refractivity contribution in [2.75, 3.05) is 17.7 Å². The highest BCUT2D eigenvalue weighted by atomic mass is 19.1. The Hall–Kier alpha value is -4.46. The van der Waals surface area contributed by atoms with E-state index in [1.54, 1.807) is 19.2 Å². The Kier molecular flexibility index (Phi) is 4.87. The summed E-state index contributed by atoms with van der Waals surface area (Å²) in [5.41, 5.74) is 3.30. The zero-order valence-electron chi connectivity index (χ0n) is 17.0. The normalized spacial score (nSPS) is 10.9. The molecule has 5 aromatic rings. The van der Waals surface area contributed by atoms with Crippen molar-refractivity contribution in [3.8, 4) is 5.75 Å². The number of carbonyl (C=O) groups excluding carboxylic acids is 1. The number of fused-ring (bicyclic) bond motifs is 3. The Labute approximate surface area is 182 Å². The lowest BCUT2D eigenvalue weighted by Gasteiger charge is -2.10. The molecule has 0 spiro atoms. The number of nitrogens with one attached hydrogen (secondary N) is 3. The molecule has 2 aromatic heterocycles. The Balaban J connectivity index is 1.39. The monoisotopic (exact) mass is 427 g/mol. The molecule has 2 heterocycles. The lowest BCUT2D eigenvalue weighted by Crippen LogP contribution is -2.11. The molecule has 158 valence electrons. The first-order valence-corrected chi connectivity index (χ1v) is 9.86. The third-order valence-electron chi connectivity index (χ3n) is 5.10. The number of nitrogens with zero attached hydrogens (tertiary/aromatic N) is 2. The zero-order valence-corrected chi connectivity index (χ0v) is 17.0. The Morgan fingerprint density at radius 2 is 1.72 bits per heavy atom. The molecule has 3 aromatic carbocycles. The van der Waals surface area contributed by atoms with E-state index in [0.717, 1.165) is 27.7 Å². The minimum absolute atomic E-state index is 0.310. The maximum Gasteiger partial charge on any atom is 0.255 e. The van der Waals surface area contributed by atoms with Crippen LogP contribution in [0.1, 0.15) is 10.4 Å². The summed E-state index contributed by atoms with van der Waals surface area (Å²) >= 11 is 0. The summed E-state index contributed by atoms with van der Waals surface area (Å²) in [5.74, 6) is 0.669. The number of amides is 1. The highest BCUT2D eigenvalue weighted by molar-refractivity contribution is 6.09. The number of methoxy groups -OCH3 is 1. The van der Waals surface area contributed by atoms with Gasteiger partial charge in [-0.25, -0.2) is 9.37 Å². The van der Waals surface area contributed by atoms with Crippen LogP contribution in [0.25, 0.3) is 21.8 Å². The Bertz CT molecular complexity index is 1430. The van der Waals surface area contributed by atoms with Crippen LogP contribution in [0.15, 0.2) is 72.9 Å². The van der Waals surface area contributed by atoms with Crippen LogP contribution in [0, 0.1) is 5.82 Å². The molecule has 5 rings (SSSR count). The number of rotatable bonds is 5. The number of H-pyrrole nitrogens is 1. The van der Waals surface area contributed by atoms with Gasteiger partial charge in [-0.3, -0.25) is 9.89 Å². The van der Waals surface area contributed by atoms with Crippen molar-refractivity contribution in [2.24, 2.45) is 0 Å². The maximum atomic E-state index is 13.0. The molecule has 0 aliphatic heterocycles. The molecule has 0 radical (unpaired) electrons. The first kappa shape index (κ1) is 19.5. The van der Waals surface area contributed by atoms with Gasteiger partial charge >= 0.3 is 0 Å². The zero-order chi connectivity index (χ0) is 22.1. The van der Waals surface area contributed by atoms with Crippen molar-refractivity contribution in [1.82, 2.24) is 15.2 Å². The van der Waals surface area contributed by atoms with E-state index in [4.69, 9.17) is 9.72 Å². The molecule has 7 nitrogen and oxygen atoms in total. The van der Waals surface area contributed by atoms with Crippen LogP contribution >= 0.6 is 0 Å². The minimum atomic E-state index is -0.385. The molecular formula is C24H18FN5O2. The van der Waals surface area contributed by atoms with Crippen LogP contribution in [0.3, 0.4) is 0 Å². The number of aromatic nitrogens is 3. The predicted molar refractivity (Wildman–Crippen MR) is 122 cm³/mol. The number of hydrogen-bond donors (Lipinski definition) is 3. The van der Waals surface area contributed by atoms with Crippen LogP contribution in [0.2, 0.25) is 0 Å². The van der Waals surface area contributed by atoms with E-state index < -0.39 is 0 Å². The molecule has 1 amide bonds. The van der Waals surface area contributed by atoms with Crippen LogP contribution in [-0.2, 0) is 0 Å². The quantitative estimate of drug-likeness (QED) is 0.356. The van der Waals surface area contributed by atoms with E-state index >= 15 is 0 Å². The average molecular weight is 427 g/mol. The van der Waals surface area contributed by atoms with Crippen LogP contribution in [0.4, 0.5) is 21.6 Å². The second kappa shape index (κ2) is 7.99. The first-order chi connectivity index (χ1) is 15.6. The summed E-state index contributed by atoms with van der Waals surface area (Å²) in [4.78, 5) is 17.0. The second-order valence-corrected chi connectivity index (χ2v) is 7.15. The topological polar surface area (TPSA) is 91.9 Å². The lowest BCUT2D eigenvalue weighted by molar-refractivity contribution is 0.102. The fraction of sp³-hybridized carbons (Fsp3) is 0.0417. The third-order valence-corrected chi connectivity index (χ3v) is 5.10. The molecule has 0 unspecified atom stereocenters. The molecule has 3 N–H and O–H groups in total. The molecule has 8 heteroatoms. The number of carbonyl (C=O) groups is 1. The van der Waals surface area contributed by atoms with Gasteiger partial charge in [0.25, 0.3) is 5.91 Å². The van der Waals surface area contributed by atoms with Crippen molar-refractivity contribution in [3.05, 3.63) is 84.3 Å². The smallest absolute Gasteiger partial charge is 0.255 e. The highest BCUT2D eigenvalue weighted by Gasteiger charge is 2.12. The second-order valence-electron chi connectivity index (χ2n) is 7.15. The Morgan fingerprint density at radius 3 is 2.47 bits per heavy atom. The maximum absolute atomic E-state index is 13.0. The number of anilines is 3. The molecule has 0 bridgehead atoms. The average Bonchev–Trinajstić information content (AvgIpc) is 3.31. The van der Waals surface area contributed by atoms with Crippen LogP contribution < -0.4 is 15.4 Å². The molecule has 0 aliphatic carbocycles. The lowest BCUT2D eigenvalue weighted by atomic mass is 10.1. The molecule has 32 heavy (non-hydrogen) atoms. The van der Waals surface area contributed by atoms with Gasteiger partial charge in [0, 0.05) is 33.9 Å². The summed E-state index contributed by atoms with van der Waals surface area (Å²) < 4.78 is 18.4. The van der Waals surface area contributed by atoms with Crippen molar-refractivity contribution in [2.45, 2.75) is 0 Å². The van der Waals surface area contributed by atoms with Crippen LogP contribution in [-0.4, -0.2) is 28.2 Å². The molecule has 0 saturated carbocycles. The number of aromatic amines is 1. The van der Waals surface area contributed by atoms with Crippen molar-refractivity contribution < 1.29 is 13.9 Å². The molecule has 0 atom stereocenters. The largest absolute Gasteiger partial charge is 0.497 e. The van der Waals surface area contributed by atoms with E-state index in [9.17, 15) is 9.18 Å². The molecule has 0 saturated heterocycles. The van der Waals surface area contributed by atoms with Gasteiger partial charge in [0.2, 0.25) is 0 Å².